The molecule has 0 aliphatic carbocycles. The van der Waals surface area contributed by atoms with Gasteiger partial charge in [-0.3, -0.25) is 4.79 Å². The zero-order chi connectivity index (χ0) is 13.2. The van der Waals surface area contributed by atoms with Crippen molar-refractivity contribution < 1.29 is 4.79 Å². The number of hydrogen-bond acceptors (Lipinski definition) is 3. The van der Waals surface area contributed by atoms with Crippen molar-refractivity contribution in [3.8, 4) is 0 Å². The summed E-state index contributed by atoms with van der Waals surface area (Å²) in [5, 5.41) is 3.06. The van der Waals surface area contributed by atoms with E-state index in [2.05, 4.69) is 15.3 Å². The lowest BCUT2D eigenvalue weighted by atomic mass is 10.0. The van der Waals surface area contributed by atoms with Crippen molar-refractivity contribution in [2.75, 3.05) is 13.1 Å². The van der Waals surface area contributed by atoms with E-state index in [1.807, 2.05) is 12.1 Å². The third-order valence-electron chi connectivity index (χ3n) is 3.55. The second kappa shape index (κ2) is 5.05. The Balaban J connectivity index is 1.69. The lowest BCUT2D eigenvalue weighted by Crippen LogP contribution is -2.43. The van der Waals surface area contributed by atoms with Gasteiger partial charge in [0.1, 0.15) is 0 Å². The molecule has 2 radical (unpaired) electrons. The van der Waals surface area contributed by atoms with Crippen molar-refractivity contribution in [2.45, 2.75) is 18.9 Å². The van der Waals surface area contributed by atoms with E-state index in [0.29, 0.717) is 5.56 Å². The minimum absolute atomic E-state index is 0.0352. The number of fused-ring (bicyclic) bond motifs is 1. The molecule has 1 aliphatic heterocycles. The fraction of sp³-hybridized carbons (Fsp3) is 0.385. The first-order chi connectivity index (χ1) is 9.22. The summed E-state index contributed by atoms with van der Waals surface area (Å²) >= 11 is 0. The molecule has 6 heteroatoms. The Hall–Kier alpha value is -1.82. The van der Waals surface area contributed by atoms with Gasteiger partial charge in [-0.2, -0.15) is 0 Å². The maximum atomic E-state index is 12.2. The number of benzene rings is 1. The molecule has 2 heterocycles. The van der Waals surface area contributed by atoms with E-state index in [1.54, 1.807) is 17.2 Å². The Labute approximate surface area is 112 Å². The predicted octanol–water partition coefficient (Wildman–Crippen LogP) is 0.841. The number of amides is 1. The average molecular weight is 254 g/mol. The summed E-state index contributed by atoms with van der Waals surface area (Å²) in [6.45, 7) is 1.65. The van der Waals surface area contributed by atoms with E-state index in [1.165, 1.54) is 0 Å². The number of imidazole rings is 1. The molecular formula is C13H15BN4O. The van der Waals surface area contributed by atoms with Crippen LogP contribution in [-0.2, 0) is 0 Å². The Morgan fingerprint density at radius 1 is 1.42 bits per heavy atom. The van der Waals surface area contributed by atoms with Gasteiger partial charge in [-0.15, -0.1) is 0 Å². The number of hydrogen-bond donors (Lipinski definition) is 2. The molecule has 2 N–H and O–H groups in total. The number of H-pyrrole nitrogens is 1. The Morgan fingerprint density at radius 3 is 3.00 bits per heavy atom. The van der Waals surface area contributed by atoms with Crippen molar-refractivity contribution in [1.82, 2.24) is 20.1 Å². The molecule has 2 aromatic rings. The van der Waals surface area contributed by atoms with Crippen LogP contribution in [0, 0.1) is 0 Å². The molecule has 1 fully saturated rings. The monoisotopic (exact) mass is 254 g/mol. The maximum Gasteiger partial charge on any atom is 0.251 e. The second-order valence-corrected chi connectivity index (χ2v) is 4.92. The molecular weight excluding hydrogens is 239 g/mol. The summed E-state index contributed by atoms with van der Waals surface area (Å²) in [5.74, 6) is -0.0352. The first-order valence-electron chi connectivity index (χ1n) is 6.46. The van der Waals surface area contributed by atoms with Crippen LogP contribution in [0.2, 0.25) is 0 Å². The van der Waals surface area contributed by atoms with Crippen LogP contribution >= 0.6 is 0 Å². The quantitative estimate of drug-likeness (QED) is 0.781. The summed E-state index contributed by atoms with van der Waals surface area (Å²) in [6, 6.07) is 5.69. The van der Waals surface area contributed by atoms with Gasteiger partial charge in [-0.25, -0.2) is 4.98 Å². The molecule has 19 heavy (non-hydrogen) atoms. The fourth-order valence-corrected chi connectivity index (χ4v) is 2.39. The van der Waals surface area contributed by atoms with Gasteiger partial charge in [-0.05, 0) is 44.1 Å². The zero-order valence-electron chi connectivity index (χ0n) is 10.6. The predicted molar refractivity (Wildman–Crippen MR) is 73.9 cm³/mol. The van der Waals surface area contributed by atoms with Crippen molar-refractivity contribution in [2.24, 2.45) is 0 Å². The Bertz CT molecular complexity index is 589. The number of nitrogens with zero attached hydrogens (tertiary/aromatic N) is 2. The minimum atomic E-state index is -0.0352. The summed E-state index contributed by atoms with van der Waals surface area (Å²) in [7, 11) is 5.70. The minimum Gasteiger partial charge on any atom is -0.353 e. The molecule has 1 aliphatic rings. The first-order valence-corrected chi connectivity index (χ1v) is 6.46. The highest BCUT2D eigenvalue weighted by molar-refractivity contribution is 6.04. The highest BCUT2D eigenvalue weighted by atomic mass is 16.1. The first kappa shape index (κ1) is 12.2. The van der Waals surface area contributed by atoms with Gasteiger partial charge < -0.3 is 15.1 Å². The molecule has 3 rings (SSSR count). The maximum absolute atomic E-state index is 12.2. The largest absolute Gasteiger partial charge is 0.353 e. The number of aromatic amines is 1. The SMILES string of the molecule is [B]N1CCC(NC(=O)c2ccc3nc[nH]c3c2)CC1. The molecule has 0 atom stereocenters. The number of carbonyl (C=O) groups excluding carboxylic acids is 1. The van der Waals surface area contributed by atoms with Crippen LogP contribution in [-0.4, -0.2) is 47.8 Å². The number of aromatic nitrogens is 2. The topological polar surface area (TPSA) is 61.0 Å². The average Bonchev–Trinajstić information content (AvgIpc) is 2.88. The Morgan fingerprint density at radius 2 is 2.21 bits per heavy atom. The number of nitrogens with one attached hydrogen (secondary N) is 2. The highest BCUT2D eigenvalue weighted by Gasteiger charge is 2.18. The van der Waals surface area contributed by atoms with Crippen molar-refractivity contribution >= 4 is 24.9 Å². The number of rotatable bonds is 2. The summed E-state index contributed by atoms with van der Waals surface area (Å²) < 4.78 is 0. The molecule has 1 aromatic heterocycles. The van der Waals surface area contributed by atoms with Crippen LogP contribution in [0.15, 0.2) is 24.5 Å². The Kier molecular flexibility index (Phi) is 3.25. The van der Waals surface area contributed by atoms with Gasteiger partial charge in [0.15, 0.2) is 7.98 Å². The van der Waals surface area contributed by atoms with Crippen LogP contribution in [0.1, 0.15) is 23.2 Å². The van der Waals surface area contributed by atoms with Crippen LogP contribution in [0.5, 0.6) is 0 Å². The highest BCUT2D eigenvalue weighted by Crippen LogP contribution is 2.13. The molecule has 0 spiro atoms. The van der Waals surface area contributed by atoms with E-state index in [-0.39, 0.29) is 11.9 Å². The van der Waals surface area contributed by atoms with Gasteiger partial charge >= 0.3 is 0 Å². The van der Waals surface area contributed by atoms with Gasteiger partial charge in [0.05, 0.1) is 17.4 Å². The van der Waals surface area contributed by atoms with Crippen LogP contribution < -0.4 is 5.32 Å². The van der Waals surface area contributed by atoms with Crippen LogP contribution in [0.4, 0.5) is 0 Å². The van der Waals surface area contributed by atoms with E-state index in [0.717, 1.165) is 37.0 Å². The summed E-state index contributed by atoms with van der Waals surface area (Å²) in [6.07, 6.45) is 3.42. The van der Waals surface area contributed by atoms with E-state index in [4.69, 9.17) is 7.98 Å². The van der Waals surface area contributed by atoms with Gasteiger partial charge in [0, 0.05) is 11.6 Å². The van der Waals surface area contributed by atoms with E-state index in [9.17, 15) is 4.79 Å². The number of piperidine rings is 1. The number of carbonyl (C=O) groups is 1. The molecule has 1 aromatic carbocycles. The van der Waals surface area contributed by atoms with E-state index >= 15 is 0 Å². The smallest absolute Gasteiger partial charge is 0.251 e. The van der Waals surface area contributed by atoms with Crippen molar-refractivity contribution in [3.63, 3.8) is 0 Å². The zero-order valence-corrected chi connectivity index (χ0v) is 10.6. The van der Waals surface area contributed by atoms with Gasteiger partial charge in [0.2, 0.25) is 0 Å². The fourth-order valence-electron chi connectivity index (χ4n) is 2.39. The van der Waals surface area contributed by atoms with Crippen molar-refractivity contribution in [1.29, 1.82) is 0 Å². The summed E-state index contributed by atoms with van der Waals surface area (Å²) in [5.41, 5.74) is 2.41. The van der Waals surface area contributed by atoms with E-state index < -0.39 is 0 Å². The molecule has 5 nitrogen and oxygen atoms in total. The summed E-state index contributed by atoms with van der Waals surface area (Å²) in [4.78, 5) is 21.1. The third kappa shape index (κ3) is 2.63. The third-order valence-corrected chi connectivity index (χ3v) is 3.55. The van der Waals surface area contributed by atoms with Crippen LogP contribution in [0.25, 0.3) is 11.0 Å². The van der Waals surface area contributed by atoms with Gasteiger partial charge in [-0.1, -0.05) is 0 Å². The molecule has 96 valence electrons. The second-order valence-electron chi connectivity index (χ2n) is 4.92. The standard InChI is InChI=1S/C13H15BN4O/c14-18-5-3-10(4-6-18)17-13(19)9-1-2-11-12(7-9)16-8-15-11/h1-2,7-8,10H,3-6H2,(H,15,16)(H,17,19). The van der Waals surface area contributed by atoms with Gasteiger partial charge in [0.25, 0.3) is 5.91 Å². The molecule has 0 bridgehead atoms. The lowest BCUT2D eigenvalue weighted by molar-refractivity contribution is 0.0924. The molecule has 1 saturated heterocycles. The molecule has 0 unspecified atom stereocenters. The normalized spacial score (nSPS) is 17.7. The molecule has 1 amide bonds. The van der Waals surface area contributed by atoms with Crippen LogP contribution in [0.3, 0.4) is 0 Å². The molecule has 0 saturated carbocycles. The lowest BCUT2D eigenvalue weighted by Gasteiger charge is -2.29. The van der Waals surface area contributed by atoms with Crippen molar-refractivity contribution in [3.05, 3.63) is 30.1 Å².